The van der Waals surface area contributed by atoms with E-state index in [1.165, 1.54) is 7.11 Å². The first-order valence-electron chi connectivity index (χ1n) is 9.60. The lowest BCUT2D eigenvalue weighted by atomic mass is 10.2. The molecule has 3 rings (SSSR count). The van der Waals surface area contributed by atoms with Gasteiger partial charge in [-0.2, -0.15) is 0 Å². The van der Waals surface area contributed by atoms with Crippen LogP contribution in [0.5, 0.6) is 0 Å². The van der Waals surface area contributed by atoms with Crippen LogP contribution in [0.15, 0.2) is 48.5 Å². The number of nitrogens with two attached hydrogens (primary N) is 1. The predicted octanol–water partition coefficient (Wildman–Crippen LogP) is 1.51. The minimum absolute atomic E-state index is 0.138. The number of hydrogen-bond acceptors (Lipinski definition) is 6. The molecule has 1 saturated heterocycles. The van der Waals surface area contributed by atoms with Crippen LogP contribution >= 0.6 is 0 Å². The van der Waals surface area contributed by atoms with Gasteiger partial charge in [0.15, 0.2) is 0 Å². The summed E-state index contributed by atoms with van der Waals surface area (Å²) in [6.45, 7) is 1.37. The summed E-state index contributed by atoms with van der Waals surface area (Å²) in [5, 5.41) is 8.68. The molecule has 2 aromatic rings. The number of benzene rings is 2. The third-order valence-corrected chi connectivity index (χ3v) is 4.72. The van der Waals surface area contributed by atoms with Crippen LogP contribution in [0.4, 0.5) is 16.2 Å². The number of carbonyl (C=O) groups excluding carboxylic acids is 3. The number of urea groups is 1. The Morgan fingerprint density at radius 2 is 1.83 bits per heavy atom. The van der Waals surface area contributed by atoms with Crippen molar-refractivity contribution in [3.63, 3.8) is 0 Å². The molecule has 0 unspecified atom stereocenters. The van der Waals surface area contributed by atoms with Crippen LogP contribution in [0.1, 0.15) is 22.3 Å². The third kappa shape index (κ3) is 5.19. The third-order valence-electron chi connectivity index (χ3n) is 4.72. The van der Waals surface area contributed by atoms with Gasteiger partial charge >= 0.3 is 12.0 Å². The van der Waals surface area contributed by atoms with Crippen LogP contribution < -0.4 is 21.4 Å². The van der Waals surface area contributed by atoms with Crippen molar-refractivity contribution < 1.29 is 19.1 Å². The molecule has 158 valence electrons. The smallest absolute Gasteiger partial charge is 0.337 e. The molecule has 1 fully saturated rings. The number of ether oxygens (including phenoxy) is 1. The number of hydrogen-bond donors (Lipinski definition) is 3. The molecule has 1 heterocycles. The Kier molecular flexibility index (Phi) is 6.74. The van der Waals surface area contributed by atoms with Crippen LogP contribution in [0.25, 0.3) is 0 Å². The van der Waals surface area contributed by atoms with Gasteiger partial charge in [0.2, 0.25) is 0 Å². The molecule has 1 aliphatic heterocycles. The summed E-state index contributed by atoms with van der Waals surface area (Å²) in [5.74, 6) is -0.674. The molecule has 2 aromatic carbocycles. The lowest BCUT2D eigenvalue weighted by molar-refractivity contribution is -0.129. The largest absolute Gasteiger partial charge is 0.465 e. The zero-order valence-corrected chi connectivity index (χ0v) is 16.8. The number of hydrazine groups is 1. The molecule has 0 aromatic heterocycles. The van der Waals surface area contributed by atoms with E-state index < -0.39 is 12.0 Å². The number of nitrogens with one attached hydrogen (secondary N) is 2. The molecule has 0 radical (unpaired) electrons. The molecule has 0 saturated carbocycles. The van der Waals surface area contributed by atoms with Crippen LogP contribution in [-0.4, -0.2) is 49.7 Å². The predicted molar refractivity (Wildman–Crippen MR) is 113 cm³/mol. The number of methoxy groups -OCH3 is 1. The van der Waals surface area contributed by atoms with Gasteiger partial charge in [0.1, 0.15) is 6.54 Å². The summed E-state index contributed by atoms with van der Waals surface area (Å²) in [6, 6.07) is 13.6. The van der Waals surface area contributed by atoms with Crippen molar-refractivity contribution in [2.24, 2.45) is 0 Å². The maximum Gasteiger partial charge on any atom is 0.337 e. The standard InChI is InChI=1S/C21H25N5O4/c1-30-20(28)16-4-2-5-18(12-16)25-10-3-11-26(25)19(27)14-24-21(29)23-13-15-6-8-17(22)9-7-15/h2,4-9,12H,3,10-11,13-14,22H2,1H3,(H2,23,24,29). The SMILES string of the molecule is COC(=O)c1cccc(N2CCCN2C(=O)CNC(=O)NCc2ccc(N)cc2)c1. The maximum atomic E-state index is 12.7. The van der Waals surface area contributed by atoms with Gasteiger partial charge in [-0.25, -0.2) is 9.59 Å². The van der Waals surface area contributed by atoms with E-state index in [4.69, 9.17) is 10.5 Å². The fourth-order valence-electron chi connectivity index (χ4n) is 3.18. The molecule has 0 atom stereocenters. The van der Waals surface area contributed by atoms with Gasteiger partial charge < -0.3 is 21.1 Å². The van der Waals surface area contributed by atoms with E-state index in [2.05, 4.69) is 10.6 Å². The molecule has 0 aliphatic carbocycles. The zero-order chi connectivity index (χ0) is 21.5. The van der Waals surface area contributed by atoms with E-state index in [-0.39, 0.29) is 12.5 Å². The average Bonchev–Trinajstić information content (AvgIpc) is 3.26. The quantitative estimate of drug-likeness (QED) is 0.490. The molecule has 3 amide bonds. The Labute approximate surface area is 174 Å². The van der Waals surface area contributed by atoms with Gasteiger partial charge in [-0.15, -0.1) is 0 Å². The van der Waals surface area contributed by atoms with Crippen LogP contribution in [-0.2, 0) is 16.1 Å². The van der Waals surface area contributed by atoms with E-state index in [1.54, 1.807) is 35.3 Å². The van der Waals surface area contributed by atoms with Gasteiger partial charge in [-0.05, 0) is 42.3 Å². The highest BCUT2D eigenvalue weighted by molar-refractivity contribution is 5.91. The van der Waals surface area contributed by atoms with Crippen LogP contribution in [0, 0.1) is 0 Å². The molecular formula is C21H25N5O4. The van der Waals surface area contributed by atoms with Gasteiger partial charge in [-0.3, -0.25) is 14.8 Å². The number of nitrogens with zero attached hydrogens (tertiary/aromatic N) is 2. The topological polar surface area (TPSA) is 117 Å². The van der Waals surface area contributed by atoms with E-state index in [9.17, 15) is 14.4 Å². The average molecular weight is 411 g/mol. The second kappa shape index (κ2) is 9.64. The van der Waals surface area contributed by atoms with Gasteiger partial charge in [0.25, 0.3) is 5.91 Å². The number of nitrogen functional groups attached to an aromatic ring is 1. The van der Waals surface area contributed by atoms with E-state index in [1.807, 2.05) is 23.2 Å². The summed E-state index contributed by atoms with van der Waals surface area (Å²) in [7, 11) is 1.32. The molecular weight excluding hydrogens is 386 g/mol. The van der Waals surface area contributed by atoms with Crippen molar-refractivity contribution in [2.45, 2.75) is 13.0 Å². The Bertz CT molecular complexity index is 916. The lowest BCUT2D eigenvalue weighted by Gasteiger charge is -2.30. The number of carbonyl (C=O) groups is 3. The summed E-state index contributed by atoms with van der Waals surface area (Å²) >= 11 is 0. The second-order valence-corrected chi connectivity index (χ2v) is 6.81. The van der Waals surface area contributed by atoms with E-state index in [0.29, 0.717) is 30.9 Å². The summed E-state index contributed by atoms with van der Waals surface area (Å²) in [4.78, 5) is 36.5. The molecule has 1 aliphatic rings. The highest BCUT2D eigenvalue weighted by Crippen LogP contribution is 2.23. The van der Waals surface area contributed by atoms with Crippen molar-refractivity contribution in [1.29, 1.82) is 0 Å². The summed E-state index contributed by atoms with van der Waals surface area (Å²) < 4.78 is 4.76. The second-order valence-electron chi connectivity index (χ2n) is 6.81. The molecule has 0 spiro atoms. The van der Waals surface area contributed by atoms with E-state index >= 15 is 0 Å². The van der Waals surface area contributed by atoms with Crippen molar-refractivity contribution in [1.82, 2.24) is 15.6 Å². The Balaban J connectivity index is 1.53. The van der Waals surface area contributed by atoms with Crippen LogP contribution in [0.3, 0.4) is 0 Å². The number of anilines is 2. The normalized spacial score (nSPS) is 13.1. The molecule has 30 heavy (non-hydrogen) atoms. The summed E-state index contributed by atoms with van der Waals surface area (Å²) in [5.41, 5.74) is 8.33. The minimum atomic E-state index is -0.437. The highest BCUT2D eigenvalue weighted by Gasteiger charge is 2.27. The van der Waals surface area contributed by atoms with Gasteiger partial charge in [0.05, 0.1) is 18.4 Å². The van der Waals surface area contributed by atoms with Gasteiger partial charge in [0, 0.05) is 25.3 Å². The van der Waals surface area contributed by atoms with Crippen LogP contribution in [0.2, 0.25) is 0 Å². The van der Waals surface area contributed by atoms with Crippen molar-refractivity contribution >= 4 is 29.3 Å². The van der Waals surface area contributed by atoms with Crippen molar-refractivity contribution in [3.05, 3.63) is 59.7 Å². The first kappa shape index (κ1) is 21.0. The fourth-order valence-corrected chi connectivity index (χ4v) is 3.18. The fraction of sp³-hybridized carbons (Fsp3) is 0.286. The molecule has 9 nitrogen and oxygen atoms in total. The number of rotatable bonds is 6. The van der Waals surface area contributed by atoms with Crippen molar-refractivity contribution in [3.8, 4) is 0 Å². The lowest BCUT2D eigenvalue weighted by Crippen LogP contribution is -2.48. The summed E-state index contributed by atoms with van der Waals surface area (Å²) in [6.07, 6.45) is 0.789. The first-order valence-corrected chi connectivity index (χ1v) is 9.60. The zero-order valence-electron chi connectivity index (χ0n) is 16.8. The Morgan fingerprint density at radius 3 is 2.57 bits per heavy atom. The Morgan fingerprint density at radius 1 is 1.07 bits per heavy atom. The molecule has 0 bridgehead atoms. The highest BCUT2D eigenvalue weighted by atomic mass is 16.5. The maximum absolute atomic E-state index is 12.7. The number of amides is 3. The molecule has 9 heteroatoms. The minimum Gasteiger partial charge on any atom is -0.465 e. The Hall–Kier alpha value is -3.75. The first-order chi connectivity index (χ1) is 14.5. The van der Waals surface area contributed by atoms with Gasteiger partial charge in [-0.1, -0.05) is 18.2 Å². The van der Waals surface area contributed by atoms with E-state index in [0.717, 1.165) is 17.7 Å². The van der Waals surface area contributed by atoms with Crippen molar-refractivity contribution in [2.75, 3.05) is 37.5 Å². The molecule has 4 N–H and O–H groups in total. The monoisotopic (exact) mass is 411 g/mol. The number of esters is 1.